The standard InChI is InChI=1S/C11H21N3O/c1-14(9-6-13-7-9)11(15)5-8-3-2-4-10(8)12/h8-10,13H,2-7,12H2,1H3/t8-,10+/m0/s1. The third kappa shape index (κ3) is 2.32. The molecule has 2 atom stereocenters. The van der Waals surface area contributed by atoms with Crippen LogP contribution in [0, 0.1) is 5.92 Å². The molecule has 0 radical (unpaired) electrons. The fourth-order valence-corrected chi connectivity index (χ4v) is 2.44. The molecular formula is C11H21N3O. The van der Waals surface area contributed by atoms with Gasteiger partial charge in [0.2, 0.25) is 5.91 Å². The van der Waals surface area contributed by atoms with Crippen molar-refractivity contribution in [2.45, 2.75) is 37.8 Å². The minimum atomic E-state index is 0.252. The number of hydrogen-bond donors (Lipinski definition) is 2. The van der Waals surface area contributed by atoms with Gasteiger partial charge >= 0.3 is 0 Å². The van der Waals surface area contributed by atoms with Crippen LogP contribution in [0.5, 0.6) is 0 Å². The number of nitrogens with two attached hydrogens (primary N) is 1. The third-order valence-electron chi connectivity index (χ3n) is 3.86. The second kappa shape index (κ2) is 4.49. The van der Waals surface area contributed by atoms with Gasteiger partial charge in [-0.1, -0.05) is 6.42 Å². The number of rotatable bonds is 3. The van der Waals surface area contributed by atoms with Crippen molar-refractivity contribution in [3.63, 3.8) is 0 Å². The quantitative estimate of drug-likeness (QED) is 0.687. The Morgan fingerprint density at radius 2 is 2.20 bits per heavy atom. The lowest BCUT2D eigenvalue weighted by atomic mass is 9.99. The Labute approximate surface area is 91.2 Å². The van der Waals surface area contributed by atoms with Crippen LogP contribution in [0.25, 0.3) is 0 Å². The molecule has 0 aromatic heterocycles. The Morgan fingerprint density at radius 1 is 1.47 bits per heavy atom. The maximum Gasteiger partial charge on any atom is 0.222 e. The fourth-order valence-electron chi connectivity index (χ4n) is 2.44. The van der Waals surface area contributed by atoms with Crippen LogP contribution in [0.1, 0.15) is 25.7 Å². The summed E-state index contributed by atoms with van der Waals surface area (Å²) in [4.78, 5) is 13.8. The highest BCUT2D eigenvalue weighted by Crippen LogP contribution is 2.27. The number of carbonyl (C=O) groups excluding carboxylic acids is 1. The zero-order valence-corrected chi connectivity index (χ0v) is 9.41. The summed E-state index contributed by atoms with van der Waals surface area (Å²) in [6.07, 6.45) is 4.05. The van der Waals surface area contributed by atoms with E-state index in [1.807, 2.05) is 11.9 Å². The van der Waals surface area contributed by atoms with Gasteiger partial charge in [-0.05, 0) is 18.8 Å². The molecule has 2 rings (SSSR count). The predicted molar refractivity (Wildman–Crippen MR) is 59.4 cm³/mol. The lowest BCUT2D eigenvalue weighted by Crippen LogP contribution is -2.57. The van der Waals surface area contributed by atoms with Gasteiger partial charge in [0.15, 0.2) is 0 Å². The number of likely N-dealkylation sites (N-methyl/N-ethyl adjacent to an activating group) is 1. The van der Waals surface area contributed by atoms with E-state index in [-0.39, 0.29) is 11.9 Å². The largest absolute Gasteiger partial charge is 0.340 e. The van der Waals surface area contributed by atoms with Crippen molar-refractivity contribution in [3.05, 3.63) is 0 Å². The maximum atomic E-state index is 11.9. The van der Waals surface area contributed by atoms with E-state index in [0.29, 0.717) is 18.4 Å². The Balaban J connectivity index is 1.80. The molecule has 0 bridgehead atoms. The summed E-state index contributed by atoms with van der Waals surface area (Å²) in [6.45, 7) is 1.89. The lowest BCUT2D eigenvalue weighted by molar-refractivity contribution is -0.133. The highest BCUT2D eigenvalue weighted by Gasteiger charge is 2.30. The van der Waals surface area contributed by atoms with Crippen LogP contribution >= 0.6 is 0 Å². The first-order chi connectivity index (χ1) is 7.18. The molecule has 1 aliphatic heterocycles. The Kier molecular flexibility index (Phi) is 3.26. The molecule has 2 aliphatic rings. The molecule has 86 valence electrons. The monoisotopic (exact) mass is 211 g/mol. The second-order valence-corrected chi connectivity index (χ2v) is 4.88. The smallest absolute Gasteiger partial charge is 0.222 e. The van der Waals surface area contributed by atoms with E-state index in [0.717, 1.165) is 25.9 Å². The molecule has 0 aromatic rings. The number of amides is 1. The van der Waals surface area contributed by atoms with Crippen LogP contribution in [0.15, 0.2) is 0 Å². The average molecular weight is 211 g/mol. The molecule has 1 saturated heterocycles. The predicted octanol–water partition coefficient (Wildman–Crippen LogP) is -0.0659. The highest BCUT2D eigenvalue weighted by atomic mass is 16.2. The zero-order chi connectivity index (χ0) is 10.8. The number of nitrogens with one attached hydrogen (secondary N) is 1. The summed E-state index contributed by atoms with van der Waals surface area (Å²) in [5.74, 6) is 0.692. The summed E-state index contributed by atoms with van der Waals surface area (Å²) in [6, 6.07) is 0.664. The summed E-state index contributed by atoms with van der Waals surface area (Å²) in [5, 5.41) is 3.18. The van der Waals surface area contributed by atoms with Crippen LogP contribution in [0.2, 0.25) is 0 Å². The Morgan fingerprint density at radius 3 is 2.67 bits per heavy atom. The van der Waals surface area contributed by atoms with Gasteiger partial charge in [0.05, 0.1) is 6.04 Å². The molecule has 4 heteroatoms. The SMILES string of the molecule is CN(C(=O)C[C@@H]1CCC[C@H]1N)C1CNC1. The summed E-state index contributed by atoms with van der Waals surface area (Å²) >= 11 is 0. The summed E-state index contributed by atoms with van der Waals surface area (Å²) in [5.41, 5.74) is 5.97. The molecule has 0 unspecified atom stereocenters. The highest BCUT2D eigenvalue weighted by molar-refractivity contribution is 5.76. The van der Waals surface area contributed by atoms with Gasteiger partial charge in [-0.3, -0.25) is 4.79 Å². The van der Waals surface area contributed by atoms with Gasteiger partial charge in [0, 0.05) is 32.6 Å². The normalized spacial score (nSPS) is 31.3. The van der Waals surface area contributed by atoms with E-state index >= 15 is 0 Å². The van der Waals surface area contributed by atoms with Gasteiger partial charge < -0.3 is 16.0 Å². The van der Waals surface area contributed by atoms with E-state index in [9.17, 15) is 4.79 Å². The number of carbonyl (C=O) groups is 1. The molecule has 1 aliphatic carbocycles. The van der Waals surface area contributed by atoms with Gasteiger partial charge in [0.25, 0.3) is 0 Å². The van der Waals surface area contributed by atoms with Crippen LogP contribution in [0.4, 0.5) is 0 Å². The zero-order valence-electron chi connectivity index (χ0n) is 9.41. The van der Waals surface area contributed by atoms with E-state index in [4.69, 9.17) is 5.73 Å². The minimum absolute atomic E-state index is 0.252. The van der Waals surface area contributed by atoms with Crippen molar-refractivity contribution in [2.75, 3.05) is 20.1 Å². The van der Waals surface area contributed by atoms with Crippen molar-refractivity contribution in [3.8, 4) is 0 Å². The second-order valence-electron chi connectivity index (χ2n) is 4.88. The van der Waals surface area contributed by atoms with Crippen LogP contribution in [0.3, 0.4) is 0 Å². The summed E-state index contributed by atoms with van der Waals surface area (Å²) < 4.78 is 0. The topological polar surface area (TPSA) is 58.4 Å². The van der Waals surface area contributed by atoms with Crippen LogP contribution < -0.4 is 11.1 Å². The molecule has 15 heavy (non-hydrogen) atoms. The average Bonchev–Trinajstić information content (AvgIpc) is 2.49. The Hall–Kier alpha value is -0.610. The van der Waals surface area contributed by atoms with Crippen molar-refractivity contribution >= 4 is 5.91 Å². The lowest BCUT2D eigenvalue weighted by Gasteiger charge is -2.36. The van der Waals surface area contributed by atoms with Gasteiger partial charge in [-0.25, -0.2) is 0 Å². The molecule has 1 heterocycles. The van der Waals surface area contributed by atoms with E-state index < -0.39 is 0 Å². The first-order valence-electron chi connectivity index (χ1n) is 5.90. The molecule has 3 N–H and O–H groups in total. The number of hydrogen-bond acceptors (Lipinski definition) is 3. The molecule has 0 aromatic carbocycles. The summed E-state index contributed by atoms with van der Waals surface area (Å²) in [7, 11) is 1.91. The van der Waals surface area contributed by atoms with Gasteiger partial charge in [0.1, 0.15) is 0 Å². The van der Waals surface area contributed by atoms with Crippen molar-refractivity contribution in [2.24, 2.45) is 11.7 Å². The van der Waals surface area contributed by atoms with E-state index in [1.165, 1.54) is 6.42 Å². The van der Waals surface area contributed by atoms with Crippen molar-refractivity contribution in [1.29, 1.82) is 0 Å². The first kappa shape index (κ1) is 10.9. The maximum absolute atomic E-state index is 11.9. The number of nitrogens with zero attached hydrogens (tertiary/aromatic N) is 1. The van der Waals surface area contributed by atoms with Crippen LogP contribution in [-0.2, 0) is 4.79 Å². The van der Waals surface area contributed by atoms with E-state index in [2.05, 4.69) is 5.32 Å². The molecule has 4 nitrogen and oxygen atoms in total. The molecule has 2 fully saturated rings. The van der Waals surface area contributed by atoms with Crippen LogP contribution in [-0.4, -0.2) is 43.0 Å². The molecular weight excluding hydrogens is 190 g/mol. The van der Waals surface area contributed by atoms with Crippen molar-refractivity contribution < 1.29 is 4.79 Å². The van der Waals surface area contributed by atoms with Gasteiger partial charge in [-0.2, -0.15) is 0 Å². The minimum Gasteiger partial charge on any atom is -0.340 e. The van der Waals surface area contributed by atoms with Gasteiger partial charge in [-0.15, -0.1) is 0 Å². The Bertz CT molecular complexity index is 240. The molecule has 1 saturated carbocycles. The first-order valence-corrected chi connectivity index (χ1v) is 5.90. The molecule has 0 spiro atoms. The fraction of sp³-hybridized carbons (Fsp3) is 0.909. The molecule has 1 amide bonds. The van der Waals surface area contributed by atoms with E-state index in [1.54, 1.807) is 0 Å². The third-order valence-corrected chi connectivity index (χ3v) is 3.86. The van der Waals surface area contributed by atoms with Crippen molar-refractivity contribution in [1.82, 2.24) is 10.2 Å².